The third-order valence-corrected chi connectivity index (χ3v) is 1.97. The highest BCUT2D eigenvalue weighted by atomic mass is 14.9. The van der Waals surface area contributed by atoms with Crippen molar-refractivity contribution in [2.75, 3.05) is 13.1 Å². The van der Waals surface area contributed by atoms with Gasteiger partial charge in [-0.25, -0.2) is 0 Å². The number of rotatable bonds is 0. The minimum absolute atomic E-state index is 0.0648. The lowest BCUT2D eigenvalue weighted by molar-refractivity contribution is 0.499. The Morgan fingerprint density at radius 1 is 1.40 bits per heavy atom. The van der Waals surface area contributed by atoms with Crippen molar-refractivity contribution in [2.24, 2.45) is 11.7 Å². The molecule has 0 aliphatic carbocycles. The van der Waals surface area contributed by atoms with Crippen LogP contribution in [0.1, 0.15) is 12.8 Å². The van der Waals surface area contributed by atoms with E-state index >= 15 is 0 Å². The molecule has 0 aromatic heterocycles. The fourth-order valence-electron chi connectivity index (χ4n) is 1.23. The normalized spacial score (nSPS) is 34.4. The van der Waals surface area contributed by atoms with Crippen molar-refractivity contribution in [2.45, 2.75) is 18.9 Å². The highest BCUT2D eigenvalue weighted by molar-refractivity contribution is 4.92. The molecule has 1 aliphatic heterocycles. The molecule has 3 nitrogen and oxygen atoms in total. The Morgan fingerprint density at radius 2 is 2.10 bits per heavy atom. The van der Waals surface area contributed by atoms with Crippen LogP contribution in [0.5, 0.6) is 0 Å². The monoisotopic (exact) mass is 139 g/mol. The lowest BCUT2D eigenvalue weighted by Gasteiger charge is -2.11. The average Bonchev–Trinajstić information content (AvgIpc) is 2.13. The Bertz CT molecular complexity index is 138. The molecule has 0 amide bonds. The lowest BCUT2D eigenvalue weighted by Crippen LogP contribution is -2.28. The van der Waals surface area contributed by atoms with E-state index in [1.807, 2.05) is 0 Å². The molecule has 0 aromatic rings. The summed E-state index contributed by atoms with van der Waals surface area (Å²) in [4.78, 5) is 0. The first-order valence-electron chi connectivity index (χ1n) is 3.70. The molecule has 1 saturated heterocycles. The molecule has 1 aliphatic rings. The van der Waals surface area contributed by atoms with E-state index in [-0.39, 0.29) is 12.0 Å². The molecule has 0 aromatic carbocycles. The van der Waals surface area contributed by atoms with Crippen LogP contribution >= 0.6 is 0 Å². The zero-order valence-electron chi connectivity index (χ0n) is 6.01. The van der Waals surface area contributed by atoms with Crippen LogP contribution in [0.25, 0.3) is 0 Å². The summed E-state index contributed by atoms with van der Waals surface area (Å²) in [5.41, 5.74) is 5.73. The standard InChI is InChI=1S/C7H13N3/c8-5-6-1-3-10-4-2-7(6)9/h6-7,10H,1-4,9H2. The number of hydrogen-bond acceptors (Lipinski definition) is 3. The van der Waals surface area contributed by atoms with Crippen LogP contribution in [-0.4, -0.2) is 19.1 Å². The Morgan fingerprint density at radius 3 is 2.80 bits per heavy atom. The summed E-state index contributed by atoms with van der Waals surface area (Å²) in [5, 5.41) is 11.8. The van der Waals surface area contributed by atoms with E-state index in [0.717, 1.165) is 25.9 Å². The third kappa shape index (κ3) is 1.69. The Balaban J connectivity index is 2.45. The van der Waals surface area contributed by atoms with Gasteiger partial charge in [0, 0.05) is 6.04 Å². The van der Waals surface area contributed by atoms with Crippen molar-refractivity contribution in [3.8, 4) is 6.07 Å². The molecule has 3 heteroatoms. The summed E-state index contributed by atoms with van der Waals surface area (Å²) in [6.07, 6.45) is 1.83. The Hall–Kier alpha value is -0.590. The molecule has 1 heterocycles. The molecule has 0 bridgehead atoms. The van der Waals surface area contributed by atoms with Crippen LogP contribution in [0.4, 0.5) is 0 Å². The second kappa shape index (κ2) is 3.55. The van der Waals surface area contributed by atoms with Gasteiger partial charge in [-0.3, -0.25) is 0 Å². The largest absolute Gasteiger partial charge is 0.326 e. The van der Waals surface area contributed by atoms with E-state index in [4.69, 9.17) is 11.0 Å². The predicted octanol–water partition coefficient (Wildman–Crippen LogP) is -0.163. The van der Waals surface area contributed by atoms with Gasteiger partial charge in [-0.05, 0) is 25.9 Å². The van der Waals surface area contributed by atoms with Gasteiger partial charge in [-0.1, -0.05) is 0 Å². The maximum Gasteiger partial charge on any atom is 0.0672 e. The van der Waals surface area contributed by atoms with Crippen LogP contribution in [0.3, 0.4) is 0 Å². The molecule has 0 spiro atoms. The van der Waals surface area contributed by atoms with Crippen molar-refractivity contribution in [1.82, 2.24) is 5.32 Å². The summed E-state index contributed by atoms with van der Waals surface area (Å²) in [7, 11) is 0. The summed E-state index contributed by atoms with van der Waals surface area (Å²) < 4.78 is 0. The highest BCUT2D eigenvalue weighted by Gasteiger charge is 2.18. The fraction of sp³-hybridized carbons (Fsp3) is 0.857. The van der Waals surface area contributed by atoms with Gasteiger partial charge in [0.1, 0.15) is 0 Å². The number of nitrogens with one attached hydrogen (secondary N) is 1. The van der Waals surface area contributed by atoms with Gasteiger partial charge in [0.15, 0.2) is 0 Å². The summed E-state index contributed by atoms with van der Waals surface area (Å²) in [6.45, 7) is 1.89. The SMILES string of the molecule is N#CC1CCNCCC1N. The number of nitrogens with two attached hydrogens (primary N) is 1. The summed E-state index contributed by atoms with van der Waals surface area (Å²) >= 11 is 0. The highest BCUT2D eigenvalue weighted by Crippen LogP contribution is 2.10. The molecule has 56 valence electrons. The van der Waals surface area contributed by atoms with Gasteiger partial charge < -0.3 is 11.1 Å². The molecule has 1 rings (SSSR count). The van der Waals surface area contributed by atoms with Gasteiger partial charge in [0.2, 0.25) is 0 Å². The molecule has 2 unspecified atom stereocenters. The number of nitriles is 1. The quantitative estimate of drug-likeness (QED) is 0.490. The van der Waals surface area contributed by atoms with Gasteiger partial charge in [0.05, 0.1) is 12.0 Å². The topological polar surface area (TPSA) is 61.8 Å². The van der Waals surface area contributed by atoms with Crippen LogP contribution in [-0.2, 0) is 0 Å². The molecular formula is C7H13N3. The van der Waals surface area contributed by atoms with Crippen LogP contribution < -0.4 is 11.1 Å². The maximum absolute atomic E-state index is 8.63. The molecule has 0 saturated carbocycles. The van der Waals surface area contributed by atoms with Crippen molar-refractivity contribution < 1.29 is 0 Å². The van der Waals surface area contributed by atoms with Gasteiger partial charge in [-0.2, -0.15) is 5.26 Å². The molecule has 2 atom stereocenters. The Labute approximate surface area is 61.2 Å². The lowest BCUT2D eigenvalue weighted by atomic mass is 9.98. The summed E-state index contributed by atoms with van der Waals surface area (Å²) in [6, 6.07) is 2.31. The molecule has 10 heavy (non-hydrogen) atoms. The molecule has 3 N–H and O–H groups in total. The van der Waals surface area contributed by atoms with E-state index < -0.39 is 0 Å². The number of hydrogen-bond donors (Lipinski definition) is 2. The minimum atomic E-state index is 0.0648. The van der Waals surface area contributed by atoms with Crippen molar-refractivity contribution in [1.29, 1.82) is 5.26 Å². The van der Waals surface area contributed by atoms with Gasteiger partial charge >= 0.3 is 0 Å². The van der Waals surface area contributed by atoms with E-state index in [2.05, 4.69) is 11.4 Å². The van der Waals surface area contributed by atoms with Gasteiger partial charge in [-0.15, -0.1) is 0 Å². The Kier molecular flexibility index (Phi) is 2.67. The van der Waals surface area contributed by atoms with Crippen LogP contribution in [0.2, 0.25) is 0 Å². The van der Waals surface area contributed by atoms with Crippen molar-refractivity contribution >= 4 is 0 Å². The van der Waals surface area contributed by atoms with Crippen molar-refractivity contribution in [3.63, 3.8) is 0 Å². The first kappa shape index (κ1) is 7.52. The van der Waals surface area contributed by atoms with Crippen molar-refractivity contribution in [3.05, 3.63) is 0 Å². The number of nitrogens with zero attached hydrogens (tertiary/aromatic N) is 1. The smallest absolute Gasteiger partial charge is 0.0672 e. The second-order valence-corrected chi connectivity index (χ2v) is 2.73. The predicted molar refractivity (Wildman–Crippen MR) is 39.2 cm³/mol. The zero-order chi connectivity index (χ0) is 7.40. The van der Waals surface area contributed by atoms with E-state index in [9.17, 15) is 0 Å². The van der Waals surface area contributed by atoms with Gasteiger partial charge in [0.25, 0.3) is 0 Å². The van der Waals surface area contributed by atoms with E-state index in [1.54, 1.807) is 0 Å². The second-order valence-electron chi connectivity index (χ2n) is 2.73. The fourth-order valence-corrected chi connectivity index (χ4v) is 1.23. The molecule has 1 fully saturated rings. The first-order chi connectivity index (χ1) is 4.84. The van der Waals surface area contributed by atoms with E-state index in [1.165, 1.54) is 0 Å². The maximum atomic E-state index is 8.63. The first-order valence-corrected chi connectivity index (χ1v) is 3.70. The minimum Gasteiger partial charge on any atom is -0.326 e. The van der Waals surface area contributed by atoms with Crippen LogP contribution in [0, 0.1) is 17.2 Å². The average molecular weight is 139 g/mol. The summed E-state index contributed by atoms with van der Waals surface area (Å²) in [5.74, 6) is 0.0648. The molecular weight excluding hydrogens is 126 g/mol. The zero-order valence-corrected chi connectivity index (χ0v) is 6.01. The molecule has 0 radical (unpaired) electrons. The third-order valence-electron chi connectivity index (χ3n) is 1.97. The van der Waals surface area contributed by atoms with E-state index in [0.29, 0.717) is 0 Å². The van der Waals surface area contributed by atoms with Crippen LogP contribution in [0.15, 0.2) is 0 Å².